The van der Waals surface area contributed by atoms with Crippen LogP contribution in [0.2, 0.25) is 5.02 Å². The molecule has 6 nitrogen and oxygen atoms in total. The summed E-state index contributed by atoms with van der Waals surface area (Å²) < 4.78 is 5.81. The average molecular weight is 536 g/mol. The number of para-hydroxylation sites is 1. The number of hydrogen-bond donors (Lipinski definition) is 1. The van der Waals surface area contributed by atoms with Crippen molar-refractivity contribution in [3.05, 3.63) is 141 Å². The van der Waals surface area contributed by atoms with Crippen molar-refractivity contribution >= 4 is 34.9 Å². The summed E-state index contributed by atoms with van der Waals surface area (Å²) in [6.07, 6.45) is 7.52. The number of halogens is 1. The average Bonchev–Trinajstić information content (AvgIpc) is 3.46. The van der Waals surface area contributed by atoms with Gasteiger partial charge in [0.1, 0.15) is 12.4 Å². The Hall–Kier alpha value is -4.42. The first-order chi connectivity index (χ1) is 19.0. The molecule has 0 spiro atoms. The maximum atomic E-state index is 10.8. The molecule has 4 aromatic carbocycles. The van der Waals surface area contributed by atoms with E-state index in [1.165, 1.54) is 28.9 Å². The maximum Gasteiger partial charge on any atom is 0.269 e. The van der Waals surface area contributed by atoms with E-state index in [1.54, 1.807) is 30.5 Å². The van der Waals surface area contributed by atoms with Gasteiger partial charge in [0.05, 0.1) is 21.7 Å². The van der Waals surface area contributed by atoms with Crippen molar-refractivity contribution in [3.8, 4) is 5.75 Å². The highest BCUT2D eigenvalue weighted by molar-refractivity contribution is 6.32. The highest BCUT2D eigenvalue weighted by Crippen LogP contribution is 2.49. The molecular formula is C32H26ClN3O3. The van der Waals surface area contributed by atoms with Gasteiger partial charge in [-0.1, -0.05) is 54.1 Å². The molecule has 7 heteroatoms. The summed E-state index contributed by atoms with van der Waals surface area (Å²) in [7, 11) is 0. The third kappa shape index (κ3) is 5.29. The molecule has 0 amide bonds. The summed E-state index contributed by atoms with van der Waals surface area (Å²) in [5.41, 5.74) is 6.46. The lowest BCUT2D eigenvalue weighted by Gasteiger charge is -2.37. The number of ether oxygens (including phenoxy) is 1. The predicted molar refractivity (Wildman–Crippen MR) is 155 cm³/mol. The van der Waals surface area contributed by atoms with Crippen LogP contribution in [0.1, 0.15) is 40.6 Å². The Kier molecular flexibility index (Phi) is 6.86. The van der Waals surface area contributed by atoms with Crippen molar-refractivity contribution in [1.82, 2.24) is 0 Å². The predicted octanol–water partition coefficient (Wildman–Crippen LogP) is 8.40. The summed E-state index contributed by atoms with van der Waals surface area (Å²) in [5, 5.41) is 15.0. The third-order valence-corrected chi connectivity index (χ3v) is 7.68. The van der Waals surface area contributed by atoms with E-state index in [-0.39, 0.29) is 18.3 Å². The standard InChI is InChI=1S/C32H26ClN3O3/c33-29-18-22(10-17-31(29)39-20-21-8-15-25(16-9-21)36(37)38)19-34-24-13-11-23(12-14-24)32-28-6-3-5-26(28)27-4-1-2-7-30(27)35-32/h1-5,7-19,26,28,32,35H,6,20H2/t26-,28+,32+/m1/s1. The number of hydrogen-bond acceptors (Lipinski definition) is 5. The van der Waals surface area contributed by atoms with Crippen LogP contribution < -0.4 is 10.1 Å². The zero-order valence-corrected chi connectivity index (χ0v) is 21.8. The summed E-state index contributed by atoms with van der Waals surface area (Å²) in [6.45, 7) is 0.261. The lowest BCUT2D eigenvalue weighted by atomic mass is 9.77. The van der Waals surface area contributed by atoms with Crippen LogP contribution in [-0.2, 0) is 6.61 Å². The minimum atomic E-state index is -0.425. The summed E-state index contributed by atoms with van der Waals surface area (Å²) in [5.74, 6) is 1.51. The summed E-state index contributed by atoms with van der Waals surface area (Å²) in [4.78, 5) is 15.0. The van der Waals surface area contributed by atoms with E-state index < -0.39 is 4.92 Å². The molecule has 3 atom stereocenters. The molecule has 0 bridgehead atoms. The largest absolute Gasteiger partial charge is 0.487 e. The number of aliphatic imine (C=N–C) groups is 1. The SMILES string of the molecule is O=[N+]([O-])c1ccc(COc2ccc(C=Nc3ccc([C@@H]4Nc5ccccc5[C@H]5C=CC[C@@H]54)cc3)cc2Cl)cc1. The van der Waals surface area contributed by atoms with Crippen molar-refractivity contribution in [2.24, 2.45) is 10.9 Å². The molecular weight excluding hydrogens is 510 g/mol. The van der Waals surface area contributed by atoms with E-state index in [1.807, 2.05) is 6.07 Å². The number of nitrogens with one attached hydrogen (secondary N) is 1. The minimum Gasteiger partial charge on any atom is -0.487 e. The molecule has 0 saturated heterocycles. The minimum absolute atomic E-state index is 0.0474. The fourth-order valence-corrected chi connectivity index (χ4v) is 5.62. The second-order valence-electron chi connectivity index (χ2n) is 9.81. The molecule has 1 N–H and O–H groups in total. The van der Waals surface area contributed by atoms with Crippen LogP contribution in [0.25, 0.3) is 0 Å². The summed E-state index contributed by atoms with van der Waals surface area (Å²) in [6, 6.07) is 29.0. The first-order valence-corrected chi connectivity index (χ1v) is 13.2. The fourth-order valence-electron chi connectivity index (χ4n) is 5.38. The molecule has 1 heterocycles. The van der Waals surface area contributed by atoms with Crippen molar-refractivity contribution in [3.63, 3.8) is 0 Å². The molecule has 0 aromatic heterocycles. The first-order valence-electron chi connectivity index (χ1n) is 12.9. The Labute approximate surface area is 231 Å². The number of benzene rings is 4. The van der Waals surface area contributed by atoms with Gasteiger partial charge in [-0.25, -0.2) is 0 Å². The Morgan fingerprint density at radius 2 is 1.82 bits per heavy atom. The number of nitro groups is 1. The molecule has 1 aliphatic heterocycles. The second kappa shape index (κ2) is 10.8. The lowest BCUT2D eigenvalue weighted by Crippen LogP contribution is -2.28. The van der Waals surface area contributed by atoms with Gasteiger partial charge in [-0.2, -0.15) is 0 Å². The van der Waals surface area contributed by atoms with E-state index in [0.29, 0.717) is 22.6 Å². The Morgan fingerprint density at radius 3 is 2.59 bits per heavy atom. The van der Waals surface area contributed by atoms with Crippen LogP contribution >= 0.6 is 11.6 Å². The Balaban J connectivity index is 1.10. The van der Waals surface area contributed by atoms with E-state index >= 15 is 0 Å². The normalized spacial score (nSPS) is 19.4. The molecule has 0 fully saturated rings. The zero-order valence-electron chi connectivity index (χ0n) is 21.0. The molecule has 2 aliphatic rings. The van der Waals surface area contributed by atoms with Gasteiger partial charge in [0.2, 0.25) is 0 Å². The monoisotopic (exact) mass is 535 g/mol. The first kappa shape index (κ1) is 24.9. The highest BCUT2D eigenvalue weighted by atomic mass is 35.5. The van der Waals surface area contributed by atoms with Crippen molar-refractivity contribution in [2.45, 2.75) is 25.0 Å². The number of nitrogens with zero attached hydrogens (tertiary/aromatic N) is 2. The molecule has 39 heavy (non-hydrogen) atoms. The second-order valence-corrected chi connectivity index (χ2v) is 10.2. The van der Waals surface area contributed by atoms with Gasteiger partial charge in [0.25, 0.3) is 5.69 Å². The number of anilines is 1. The van der Waals surface area contributed by atoms with Gasteiger partial charge in [0, 0.05) is 30.0 Å². The van der Waals surface area contributed by atoms with Crippen molar-refractivity contribution in [2.75, 3.05) is 5.32 Å². The van der Waals surface area contributed by atoms with Gasteiger partial charge < -0.3 is 10.1 Å². The van der Waals surface area contributed by atoms with Crippen LogP contribution in [0, 0.1) is 16.0 Å². The number of nitro benzene ring substituents is 1. The smallest absolute Gasteiger partial charge is 0.269 e. The maximum absolute atomic E-state index is 10.8. The Bertz CT molecular complexity index is 1560. The van der Waals surface area contributed by atoms with Crippen molar-refractivity contribution in [1.29, 1.82) is 0 Å². The number of fused-ring (bicyclic) bond motifs is 3. The van der Waals surface area contributed by atoms with Crippen LogP contribution in [0.5, 0.6) is 5.75 Å². The lowest BCUT2D eigenvalue weighted by molar-refractivity contribution is -0.384. The molecule has 194 valence electrons. The van der Waals surface area contributed by atoms with Crippen LogP contribution in [0.4, 0.5) is 17.1 Å². The number of allylic oxidation sites excluding steroid dienone is 2. The number of non-ortho nitro benzene ring substituents is 1. The fraction of sp³-hybridized carbons (Fsp3) is 0.156. The van der Waals surface area contributed by atoms with Crippen LogP contribution in [0.15, 0.2) is 108 Å². The number of rotatable bonds is 7. The zero-order chi connectivity index (χ0) is 26.8. The van der Waals surface area contributed by atoms with E-state index in [4.69, 9.17) is 16.3 Å². The topological polar surface area (TPSA) is 76.8 Å². The van der Waals surface area contributed by atoms with Gasteiger partial charge in [-0.05, 0) is 83.1 Å². The quantitative estimate of drug-likeness (QED) is 0.111. The molecule has 6 rings (SSSR count). The van der Waals surface area contributed by atoms with Gasteiger partial charge in [-0.15, -0.1) is 0 Å². The van der Waals surface area contributed by atoms with E-state index in [9.17, 15) is 10.1 Å². The van der Waals surface area contributed by atoms with Gasteiger partial charge in [-0.3, -0.25) is 15.1 Å². The van der Waals surface area contributed by atoms with Crippen molar-refractivity contribution < 1.29 is 9.66 Å². The Morgan fingerprint density at radius 1 is 1.03 bits per heavy atom. The molecule has 0 radical (unpaired) electrons. The van der Waals surface area contributed by atoms with Gasteiger partial charge in [0.15, 0.2) is 0 Å². The molecule has 1 aliphatic carbocycles. The highest BCUT2D eigenvalue weighted by Gasteiger charge is 2.37. The molecule has 0 unspecified atom stereocenters. The van der Waals surface area contributed by atoms with Crippen LogP contribution in [-0.4, -0.2) is 11.1 Å². The van der Waals surface area contributed by atoms with Gasteiger partial charge >= 0.3 is 0 Å². The molecule has 4 aromatic rings. The van der Waals surface area contributed by atoms with E-state index in [2.05, 4.69) is 71.0 Å². The third-order valence-electron chi connectivity index (χ3n) is 7.38. The van der Waals surface area contributed by atoms with E-state index in [0.717, 1.165) is 23.2 Å². The summed E-state index contributed by atoms with van der Waals surface area (Å²) >= 11 is 6.44. The van der Waals surface area contributed by atoms with Crippen LogP contribution in [0.3, 0.4) is 0 Å². The molecule has 0 saturated carbocycles.